The van der Waals surface area contributed by atoms with Crippen LogP contribution in [0.5, 0.6) is 0 Å². The van der Waals surface area contributed by atoms with Gasteiger partial charge in [-0.25, -0.2) is 8.78 Å². The number of amides is 1. The Morgan fingerprint density at radius 3 is 2.57 bits per heavy atom. The molecule has 1 fully saturated rings. The quantitative estimate of drug-likeness (QED) is 0.726. The van der Waals surface area contributed by atoms with Gasteiger partial charge in [-0.3, -0.25) is 9.69 Å². The molecular formula is C9H16F2N2O. The number of likely N-dealkylation sites (tertiary alicyclic amines) is 1. The number of nitrogens with one attached hydrogen (secondary N) is 1. The van der Waals surface area contributed by atoms with Crippen LogP contribution in [0.3, 0.4) is 0 Å². The second kappa shape index (κ2) is 3.81. The van der Waals surface area contributed by atoms with Crippen LogP contribution >= 0.6 is 0 Å². The first-order valence-corrected chi connectivity index (χ1v) is 4.72. The molecule has 0 unspecified atom stereocenters. The van der Waals surface area contributed by atoms with Crippen molar-refractivity contribution in [2.45, 2.75) is 38.3 Å². The highest BCUT2D eigenvalue weighted by atomic mass is 19.3. The molecule has 14 heavy (non-hydrogen) atoms. The van der Waals surface area contributed by atoms with Gasteiger partial charge in [0, 0.05) is 19.5 Å². The van der Waals surface area contributed by atoms with Crippen molar-refractivity contribution in [3.05, 3.63) is 0 Å². The maximum atomic E-state index is 13.1. The molecule has 0 aliphatic carbocycles. The number of alkyl halides is 2. The van der Waals surface area contributed by atoms with Crippen molar-refractivity contribution < 1.29 is 13.6 Å². The highest BCUT2D eigenvalue weighted by molar-refractivity contribution is 5.82. The molecule has 0 bridgehead atoms. The van der Waals surface area contributed by atoms with Crippen molar-refractivity contribution in [3.8, 4) is 0 Å². The largest absolute Gasteiger partial charge is 0.358 e. The molecule has 1 rings (SSSR count). The smallest absolute Gasteiger partial charge is 0.262 e. The Morgan fingerprint density at radius 2 is 2.14 bits per heavy atom. The predicted molar refractivity (Wildman–Crippen MR) is 49.3 cm³/mol. The normalized spacial score (nSPS) is 26.9. The van der Waals surface area contributed by atoms with Gasteiger partial charge in [0.2, 0.25) is 5.91 Å². The highest BCUT2D eigenvalue weighted by Gasteiger charge is 2.48. The van der Waals surface area contributed by atoms with E-state index in [2.05, 4.69) is 5.32 Å². The molecule has 82 valence electrons. The Bertz CT molecular complexity index is 231. The molecule has 1 aliphatic rings. The molecule has 1 heterocycles. The van der Waals surface area contributed by atoms with Gasteiger partial charge < -0.3 is 5.32 Å². The Hall–Kier alpha value is -0.710. The summed E-state index contributed by atoms with van der Waals surface area (Å²) in [5, 5.41) is 2.42. The summed E-state index contributed by atoms with van der Waals surface area (Å²) in [6.45, 7) is 3.32. The van der Waals surface area contributed by atoms with E-state index in [1.165, 1.54) is 7.05 Å². The standard InChI is InChI=1S/C9H16F2N2O/c1-6(2)13-5-9(10,11)4-7(13)8(14)12-3/h6-7H,4-5H2,1-3H3,(H,12,14)/t7-/m1/s1. The average Bonchev–Trinajstić information content (AvgIpc) is 2.40. The molecule has 3 nitrogen and oxygen atoms in total. The van der Waals surface area contributed by atoms with Gasteiger partial charge >= 0.3 is 0 Å². The van der Waals surface area contributed by atoms with Crippen LogP contribution in [0.4, 0.5) is 8.78 Å². The van der Waals surface area contributed by atoms with E-state index in [0.717, 1.165) is 0 Å². The van der Waals surface area contributed by atoms with Crippen LogP contribution in [0, 0.1) is 0 Å². The number of carbonyl (C=O) groups is 1. The second-order valence-electron chi connectivity index (χ2n) is 3.96. The topological polar surface area (TPSA) is 32.3 Å². The van der Waals surface area contributed by atoms with Crippen molar-refractivity contribution in [2.24, 2.45) is 0 Å². The van der Waals surface area contributed by atoms with Crippen LogP contribution in [0.2, 0.25) is 0 Å². The van der Waals surface area contributed by atoms with E-state index >= 15 is 0 Å². The molecule has 1 atom stereocenters. The molecule has 0 saturated carbocycles. The van der Waals surface area contributed by atoms with Crippen LogP contribution in [-0.4, -0.2) is 42.4 Å². The van der Waals surface area contributed by atoms with E-state index in [1.54, 1.807) is 4.90 Å². The molecule has 0 aromatic rings. The van der Waals surface area contributed by atoms with Gasteiger partial charge in [0.25, 0.3) is 5.92 Å². The number of rotatable bonds is 2. The molecule has 1 N–H and O–H groups in total. The first-order valence-electron chi connectivity index (χ1n) is 4.72. The summed E-state index contributed by atoms with van der Waals surface area (Å²) in [7, 11) is 1.47. The van der Waals surface area contributed by atoms with Crippen molar-refractivity contribution >= 4 is 5.91 Å². The Labute approximate surface area is 82.5 Å². The van der Waals surface area contributed by atoms with E-state index in [9.17, 15) is 13.6 Å². The Morgan fingerprint density at radius 1 is 1.57 bits per heavy atom. The van der Waals surface area contributed by atoms with Gasteiger partial charge in [0.15, 0.2) is 0 Å². The van der Waals surface area contributed by atoms with Crippen LogP contribution in [0.15, 0.2) is 0 Å². The molecule has 1 saturated heterocycles. The van der Waals surface area contributed by atoms with Crippen LogP contribution in [0.1, 0.15) is 20.3 Å². The molecule has 0 aromatic heterocycles. The van der Waals surface area contributed by atoms with Crippen molar-refractivity contribution in [1.29, 1.82) is 0 Å². The summed E-state index contributed by atoms with van der Waals surface area (Å²) < 4.78 is 26.2. The number of carbonyl (C=O) groups excluding carboxylic acids is 1. The number of likely N-dealkylation sites (N-methyl/N-ethyl adjacent to an activating group) is 1. The minimum Gasteiger partial charge on any atom is -0.358 e. The van der Waals surface area contributed by atoms with Gasteiger partial charge in [-0.1, -0.05) is 0 Å². The van der Waals surface area contributed by atoms with E-state index in [1.807, 2.05) is 13.8 Å². The molecule has 0 radical (unpaired) electrons. The maximum Gasteiger partial charge on any atom is 0.262 e. The van der Waals surface area contributed by atoms with Gasteiger partial charge in [-0.05, 0) is 13.8 Å². The fraction of sp³-hybridized carbons (Fsp3) is 0.889. The number of hydrogen-bond donors (Lipinski definition) is 1. The summed E-state index contributed by atoms with van der Waals surface area (Å²) in [6.07, 6.45) is -0.370. The van der Waals surface area contributed by atoms with E-state index in [4.69, 9.17) is 0 Å². The summed E-state index contributed by atoms with van der Waals surface area (Å²) in [4.78, 5) is 12.9. The minimum absolute atomic E-state index is 0.0364. The maximum absolute atomic E-state index is 13.1. The zero-order chi connectivity index (χ0) is 10.9. The lowest BCUT2D eigenvalue weighted by molar-refractivity contribution is -0.125. The lowest BCUT2D eigenvalue weighted by atomic mass is 10.1. The molecule has 0 spiro atoms. The molecule has 0 aromatic carbocycles. The number of hydrogen-bond acceptors (Lipinski definition) is 2. The van der Waals surface area contributed by atoms with Gasteiger partial charge in [-0.2, -0.15) is 0 Å². The number of nitrogens with zero attached hydrogens (tertiary/aromatic N) is 1. The van der Waals surface area contributed by atoms with Crippen LogP contribution in [0.25, 0.3) is 0 Å². The van der Waals surface area contributed by atoms with Crippen molar-refractivity contribution in [2.75, 3.05) is 13.6 Å². The average molecular weight is 206 g/mol. The van der Waals surface area contributed by atoms with Crippen LogP contribution < -0.4 is 5.32 Å². The first kappa shape index (κ1) is 11.4. The van der Waals surface area contributed by atoms with E-state index in [-0.39, 0.29) is 24.9 Å². The lowest BCUT2D eigenvalue weighted by Gasteiger charge is -2.25. The monoisotopic (exact) mass is 206 g/mol. The third-order valence-electron chi connectivity index (χ3n) is 2.52. The predicted octanol–water partition coefficient (Wildman–Crippen LogP) is 0.850. The zero-order valence-electron chi connectivity index (χ0n) is 8.68. The first-order chi connectivity index (χ1) is 6.37. The highest BCUT2D eigenvalue weighted by Crippen LogP contribution is 2.33. The van der Waals surface area contributed by atoms with E-state index < -0.39 is 12.0 Å². The SMILES string of the molecule is CNC(=O)[C@H]1CC(F)(F)CN1C(C)C. The molecule has 5 heteroatoms. The van der Waals surface area contributed by atoms with Gasteiger partial charge in [-0.15, -0.1) is 0 Å². The molecule has 1 aliphatic heterocycles. The van der Waals surface area contributed by atoms with Crippen molar-refractivity contribution in [3.63, 3.8) is 0 Å². The van der Waals surface area contributed by atoms with Crippen LogP contribution in [-0.2, 0) is 4.79 Å². The molecule has 1 amide bonds. The van der Waals surface area contributed by atoms with E-state index in [0.29, 0.717) is 0 Å². The Kier molecular flexibility index (Phi) is 3.09. The fourth-order valence-corrected chi connectivity index (χ4v) is 1.79. The number of halogens is 2. The third kappa shape index (κ3) is 2.20. The second-order valence-corrected chi connectivity index (χ2v) is 3.96. The summed E-state index contributed by atoms with van der Waals surface area (Å²) in [6, 6.07) is -0.722. The van der Waals surface area contributed by atoms with Gasteiger partial charge in [0.05, 0.1) is 12.6 Å². The van der Waals surface area contributed by atoms with Gasteiger partial charge in [0.1, 0.15) is 0 Å². The summed E-state index contributed by atoms with van der Waals surface area (Å²) >= 11 is 0. The Balaban J connectivity index is 2.77. The molecular weight excluding hydrogens is 190 g/mol. The fourth-order valence-electron chi connectivity index (χ4n) is 1.79. The summed E-state index contributed by atoms with van der Waals surface area (Å²) in [5.74, 6) is -3.06. The lowest BCUT2D eigenvalue weighted by Crippen LogP contribution is -2.45. The zero-order valence-corrected chi connectivity index (χ0v) is 8.68. The third-order valence-corrected chi connectivity index (χ3v) is 2.52. The summed E-state index contributed by atoms with van der Waals surface area (Å²) in [5.41, 5.74) is 0. The van der Waals surface area contributed by atoms with Crippen molar-refractivity contribution in [1.82, 2.24) is 10.2 Å². The minimum atomic E-state index is -2.73.